The van der Waals surface area contributed by atoms with Gasteiger partial charge in [0.25, 0.3) is 0 Å². The van der Waals surface area contributed by atoms with Crippen LogP contribution in [0.1, 0.15) is 13.8 Å². The fourth-order valence-corrected chi connectivity index (χ4v) is 0.609. The molecule has 0 fully saturated rings. The van der Waals surface area contributed by atoms with Crippen LogP contribution in [0.25, 0.3) is 0 Å². The van der Waals surface area contributed by atoms with Crippen LogP contribution in [0, 0.1) is 0 Å². The van der Waals surface area contributed by atoms with Gasteiger partial charge in [0.05, 0.1) is 5.57 Å². The average Bonchev–Trinajstić information content (AvgIpc) is 1.83. The van der Waals surface area contributed by atoms with Gasteiger partial charge in [0, 0.05) is 6.08 Å². The molecule has 0 aromatic rings. The SMILES string of the molecule is CC(C)=C/C(=C/C(=O)O)C(=O)O. The lowest BCUT2D eigenvalue weighted by molar-refractivity contribution is -0.134. The Morgan fingerprint density at radius 3 is 1.83 bits per heavy atom. The Balaban J connectivity index is 4.81. The minimum atomic E-state index is -1.26. The third-order valence-corrected chi connectivity index (χ3v) is 0.970. The molecule has 0 unspecified atom stereocenters. The van der Waals surface area contributed by atoms with Crippen molar-refractivity contribution in [3.05, 3.63) is 23.3 Å². The van der Waals surface area contributed by atoms with E-state index < -0.39 is 11.9 Å². The minimum Gasteiger partial charge on any atom is -0.478 e. The Kier molecular flexibility index (Phi) is 3.76. The maximum atomic E-state index is 10.4. The molecule has 2 N–H and O–H groups in total. The van der Waals surface area contributed by atoms with Gasteiger partial charge < -0.3 is 10.2 Å². The van der Waals surface area contributed by atoms with Crippen LogP contribution in [0.15, 0.2) is 23.3 Å². The van der Waals surface area contributed by atoms with E-state index in [1.807, 2.05) is 0 Å². The molecule has 0 aliphatic heterocycles. The summed E-state index contributed by atoms with van der Waals surface area (Å²) in [4.78, 5) is 20.5. The Morgan fingerprint density at radius 1 is 1.08 bits per heavy atom. The normalized spacial score (nSPS) is 10.7. The summed E-state index contributed by atoms with van der Waals surface area (Å²) in [5.41, 5.74) is 0.521. The van der Waals surface area contributed by atoms with E-state index in [1.54, 1.807) is 13.8 Å². The van der Waals surface area contributed by atoms with E-state index in [2.05, 4.69) is 0 Å². The molecule has 4 nitrogen and oxygen atoms in total. The Morgan fingerprint density at radius 2 is 1.58 bits per heavy atom. The molecule has 0 rings (SSSR count). The highest BCUT2D eigenvalue weighted by Gasteiger charge is 2.05. The summed E-state index contributed by atoms with van der Waals surface area (Å²) in [6.07, 6.45) is 1.96. The van der Waals surface area contributed by atoms with Gasteiger partial charge in [-0.15, -0.1) is 0 Å². The molecular weight excluding hydrogens is 160 g/mol. The molecule has 0 aliphatic rings. The van der Waals surface area contributed by atoms with Crippen molar-refractivity contribution in [1.29, 1.82) is 0 Å². The summed E-state index contributed by atoms with van der Waals surface area (Å²) < 4.78 is 0. The number of rotatable bonds is 3. The van der Waals surface area contributed by atoms with Gasteiger partial charge >= 0.3 is 11.9 Å². The first kappa shape index (κ1) is 10.4. The number of allylic oxidation sites excluding steroid dienone is 1. The number of aliphatic carboxylic acids is 2. The second kappa shape index (κ2) is 4.33. The second-order valence-corrected chi connectivity index (χ2v) is 2.46. The highest BCUT2D eigenvalue weighted by Crippen LogP contribution is 2.01. The maximum absolute atomic E-state index is 10.4. The van der Waals surface area contributed by atoms with Gasteiger partial charge in [-0.2, -0.15) is 0 Å². The quantitative estimate of drug-likeness (QED) is 0.490. The molecule has 0 saturated heterocycles. The molecule has 4 heteroatoms. The van der Waals surface area contributed by atoms with Crippen molar-refractivity contribution in [2.45, 2.75) is 13.8 Å². The van der Waals surface area contributed by atoms with Crippen molar-refractivity contribution in [2.75, 3.05) is 0 Å². The zero-order valence-electron chi connectivity index (χ0n) is 6.87. The van der Waals surface area contributed by atoms with E-state index in [1.165, 1.54) is 6.08 Å². The van der Waals surface area contributed by atoms with Crippen LogP contribution in [-0.4, -0.2) is 22.2 Å². The maximum Gasteiger partial charge on any atom is 0.335 e. The molecule has 0 aliphatic carbocycles. The van der Waals surface area contributed by atoms with Crippen molar-refractivity contribution in [3.63, 3.8) is 0 Å². The Bertz CT molecular complexity index is 256. The van der Waals surface area contributed by atoms with E-state index in [4.69, 9.17) is 10.2 Å². The number of hydrogen-bond donors (Lipinski definition) is 2. The zero-order chi connectivity index (χ0) is 9.72. The predicted octanol–water partition coefficient (Wildman–Crippen LogP) is 1.05. The van der Waals surface area contributed by atoms with Gasteiger partial charge in [0.1, 0.15) is 0 Å². The van der Waals surface area contributed by atoms with Crippen LogP contribution in [0.3, 0.4) is 0 Å². The van der Waals surface area contributed by atoms with E-state index >= 15 is 0 Å². The van der Waals surface area contributed by atoms with Gasteiger partial charge in [-0.05, 0) is 19.9 Å². The van der Waals surface area contributed by atoms with Gasteiger partial charge in [0.2, 0.25) is 0 Å². The zero-order valence-corrected chi connectivity index (χ0v) is 6.87. The van der Waals surface area contributed by atoms with Crippen LogP contribution in [-0.2, 0) is 9.59 Å². The van der Waals surface area contributed by atoms with Crippen molar-refractivity contribution < 1.29 is 19.8 Å². The van der Waals surface area contributed by atoms with Crippen molar-refractivity contribution in [2.24, 2.45) is 0 Å². The summed E-state index contributed by atoms with van der Waals surface area (Å²) in [6, 6.07) is 0. The van der Waals surface area contributed by atoms with E-state index in [9.17, 15) is 9.59 Å². The molecule has 66 valence electrons. The molecule has 0 radical (unpaired) electrons. The first-order chi connectivity index (χ1) is 5.43. The van der Waals surface area contributed by atoms with E-state index in [0.29, 0.717) is 6.08 Å². The third-order valence-electron chi connectivity index (χ3n) is 0.970. The summed E-state index contributed by atoms with van der Waals surface area (Å²) >= 11 is 0. The number of carbonyl (C=O) groups is 2. The summed E-state index contributed by atoms with van der Waals surface area (Å²) in [5.74, 6) is -2.50. The van der Waals surface area contributed by atoms with Crippen LogP contribution in [0.4, 0.5) is 0 Å². The Labute approximate surface area is 69.8 Å². The third kappa shape index (κ3) is 4.27. The van der Waals surface area contributed by atoms with Crippen molar-refractivity contribution >= 4 is 11.9 Å². The van der Waals surface area contributed by atoms with Crippen molar-refractivity contribution in [3.8, 4) is 0 Å². The smallest absolute Gasteiger partial charge is 0.335 e. The molecule has 0 amide bonds. The highest BCUT2D eigenvalue weighted by molar-refractivity contribution is 5.97. The van der Waals surface area contributed by atoms with Crippen LogP contribution in [0.2, 0.25) is 0 Å². The fourth-order valence-electron chi connectivity index (χ4n) is 0.609. The molecular formula is C8H10O4. The molecule has 0 aromatic carbocycles. The van der Waals surface area contributed by atoms with E-state index in [0.717, 1.165) is 5.57 Å². The fraction of sp³-hybridized carbons (Fsp3) is 0.250. The van der Waals surface area contributed by atoms with Gasteiger partial charge in [-0.3, -0.25) is 0 Å². The van der Waals surface area contributed by atoms with E-state index in [-0.39, 0.29) is 5.57 Å². The molecule has 12 heavy (non-hydrogen) atoms. The lowest BCUT2D eigenvalue weighted by Gasteiger charge is -1.93. The lowest BCUT2D eigenvalue weighted by Crippen LogP contribution is -2.01. The number of carboxylic acids is 2. The first-order valence-corrected chi connectivity index (χ1v) is 3.26. The second-order valence-electron chi connectivity index (χ2n) is 2.46. The van der Waals surface area contributed by atoms with Crippen LogP contribution in [0.5, 0.6) is 0 Å². The summed E-state index contributed by atoms with van der Waals surface area (Å²) in [5, 5.41) is 16.8. The van der Waals surface area contributed by atoms with Crippen LogP contribution >= 0.6 is 0 Å². The molecule has 0 spiro atoms. The largest absolute Gasteiger partial charge is 0.478 e. The highest BCUT2D eigenvalue weighted by atomic mass is 16.4. The molecule has 0 bridgehead atoms. The molecule has 0 heterocycles. The predicted molar refractivity (Wildman–Crippen MR) is 42.8 cm³/mol. The number of carboxylic acid groups (broad SMARTS) is 2. The molecule has 0 aromatic heterocycles. The summed E-state index contributed by atoms with van der Waals surface area (Å²) in [7, 11) is 0. The molecule has 0 saturated carbocycles. The Hall–Kier alpha value is -1.58. The summed E-state index contributed by atoms with van der Waals surface area (Å²) in [6.45, 7) is 3.39. The number of hydrogen-bond acceptors (Lipinski definition) is 2. The standard InChI is InChI=1S/C8H10O4/c1-5(2)3-6(8(11)12)4-7(9)10/h3-4H,1-2H3,(H,9,10)(H,11,12)/b6-4-. The lowest BCUT2D eigenvalue weighted by atomic mass is 10.2. The van der Waals surface area contributed by atoms with Gasteiger partial charge in [-0.1, -0.05) is 5.57 Å². The van der Waals surface area contributed by atoms with Crippen molar-refractivity contribution in [1.82, 2.24) is 0 Å². The van der Waals surface area contributed by atoms with Gasteiger partial charge in [-0.25, -0.2) is 9.59 Å². The van der Waals surface area contributed by atoms with Crippen LogP contribution < -0.4 is 0 Å². The average molecular weight is 170 g/mol. The minimum absolute atomic E-state index is 0.220. The first-order valence-electron chi connectivity index (χ1n) is 3.26. The van der Waals surface area contributed by atoms with Gasteiger partial charge in [0.15, 0.2) is 0 Å². The monoisotopic (exact) mass is 170 g/mol. The topological polar surface area (TPSA) is 74.6 Å². The molecule has 0 atom stereocenters.